The van der Waals surface area contributed by atoms with Crippen molar-refractivity contribution in [1.82, 2.24) is 25.3 Å². The molecule has 2 fully saturated rings. The number of carbonyl (C=O) groups is 3. The van der Waals surface area contributed by atoms with Crippen molar-refractivity contribution in [1.29, 1.82) is 0 Å². The Morgan fingerprint density at radius 3 is 2.28 bits per heavy atom. The maximum atomic E-state index is 12.3. The lowest BCUT2D eigenvalue weighted by Gasteiger charge is -2.36. The largest absolute Gasteiger partial charge is 0.481 e. The van der Waals surface area contributed by atoms with Crippen LogP contribution in [0.3, 0.4) is 0 Å². The molecule has 0 radical (unpaired) electrons. The van der Waals surface area contributed by atoms with Gasteiger partial charge in [-0.2, -0.15) is 0 Å². The molecule has 2 heterocycles. The molecule has 3 N–H and O–H groups in total. The molecule has 0 aromatic heterocycles. The number of nitrogens with one attached hydrogen (secondary N) is 2. The van der Waals surface area contributed by atoms with E-state index in [-0.39, 0.29) is 18.2 Å². The van der Waals surface area contributed by atoms with Crippen molar-refractivity contribution in [2.75, 3.05) is 66.0 Å². The predicted molar refractivity (Wildman–Crippen MR) is 111 cm³/mol. The molecule has 29 heavy (non-hydrogen) atoms. The summed E-state index contributed by atoms with van der Waals surface area (Å²) in [5, 5.41) is 14.2. The number of rotatable bonds is 12. The molecule has 2 rings (SSSR count). The summed E-state index contributed by atoms with van der Waals surface area (Å²) in [7, 11) is 2.16. The van der Waals surface area contributed by atoms with E-state index in [9.17, 15) is 14.4 Å². The van der Waals surface area contributed by atoms with Crippen molar-refractivity contribution in [2.24, 2.45) is 0 Å². The Morgan fingerprint density at radius 2 is 1.59 bits per heavy atom. The number of carboxylic acids is 1. The Kier molecular flexibility index (Phi) is 10.4. The third-order valence-electron chi connectivity index (χ3n) is 5.70. The molecule has 2 saturated heterocycles. The highest BCUT2D eigenvalue weighted by Crippen LogP contribution is 2.18. The van der Waals surface area contributed by atoms with Crippen LogP contribution in [0.2, 0.25) is 0 Å². The van der Waals surface area contributed by atoms with Gasteiger partial charge in [0.25, 0.3) is 0 Å². The van der Waals surface area contributed by atoms with Crippen LogP contribution in [0.25, 0.3) is 0 Å². The van der Waals surface area contributed by atoms with Crippen molar-refractivity contribution in [3.8, 4) is 0 Å². The van der Waals surface area contributed by atoms with Gasteiger partial charge in [0.1, 0.15) is 0 Å². The number of hydrogen-bond acceptors (Lipinski definition) is 6. The fraction of sp³-hybridized carbons (Fsp3) is 0.850. The lowest BCUT2D eigenvalue weighted by atomic mass is 10.3. The molecule has 0 saturated carbocycles. The molecular formula is C20H37N5O4. The molecule has 0 aromatic carbocycles. The van der Waals surface area contributed by atoms with Crippen molar-refractivity contribution in [3.05, 3.63) is 0 Å². The van der Waals surface area contributed by atoms with Crippen LogP contribution >= 0.6 is 0 Å². The first-order chi connectivity index (χ1) is 13.9. The van der Waals surface area contributed by atoms with Crippen LogP contribution in [0.5, 0.6) is 0 Å². The highest BCUT2D eigenvalue weighted by Gasteiger charge is 2.28. The second-order valence-corrected chi connectivity index (χ2v) is 8.17. The van der Waals surface area contributed by atoms with Crippen LogP contribution in [-0.4, -0.2) is 110 Å². The second-order valence-electron chi connectivity index (χ2n) is 8.17. The van der Waals surface area contributed by atoms with Gasteiger partial charge in [-0.1, -0.05) is 0 Å². The summed E-state index contributed by atoms with van der Waals surface area (Å²) in [6, 6.07) is 0.459. The van der Waals surface area contributed by atoms with Crippen molar-refractivity contribution >= 4 is 17.8 Å². The first kappa shape index (κ1) is 23.6. The zero-order valence-electron chi connectivity index (χ0n) is 17.7. The Hall–Kier alpha value is -1.71. The maximum Gasteiger partial charge on any atom is 0.303 e. The van der Waals surface area contributed by atoms with Gasteiger partial charge in [0.2, 0.25) is 11.8 Å². The number of likely N-dealkylation sites (tertiary alicyclic amines) is 1. The summed E-state index contributed by atoms with van der Waals surface area (Å²) in [6.45, 7) is 7.74. The van der Waals surface area contributed by atoms with Gasteiger partial charge in [0.05, 0.1) is 6.54 Å². The van der Waals surface area contributed by atoms with Crippen molar-refractivity contribution in [3.63, 3.8) is 0 Å². The van der Waals surface area contributed by atoms with E-state index in [0.29, 0.717) is 44.9 Å². The smallest absolute Gasteiger partial charge is 0.303 e. The van der Waals surface area contributed by atoms with E-state index in [1.807, 2.05) is 0 Å². The minimum atomic E-state index is -0.856. The summed E-state index contributed by atoms with van der Waals surface area (Å²) >= 11 is 0. The third kappa shape index (κ3) is 9.56. The zero-order valence-corrected chi connectivity index (χ0v) is 17.7. The Balaban J connectivity index is 1.55. The molecule has 9 nitrogen and oxygen atoms in total. The van der Waals surface area contributed by atoms with E-state index in [4.69, 9.17) is 5.11 Å². The molecule has 9 heteroatoms. The molecule has 166 valence electrons. The highest BCUT2D eigenvalue weighted by molar-refractivity contribution is 5.78. The fourth-order valence-corrected chi connectivity index (χ4v) is 3.91. The summed E-state index contributed by atoms with van der Waals surface area (Å²) in [5.41, 5.74) is 0. The van der Waals surface area contributed by atoms with Gasteiger partial charge in [0, 0.05) is 64.7 Å². The average molecular weight is 422 g/mol. The van der Waals surface area contributed by atoms with Crippen molar-refractivity contribution < 1.29 is 19.5 Å². The minimum Gasteiger partial charge on any atom is -0.481 e. The van der Waals surface area contributed by atoms with Gasteiger partial charge in [-0.15, -0.1) is 0 Å². The van der Waals surface area contributed by atoms with Crippen LogP contribution in [0.1, 0.15) is 38.5 Å². The third-order valence-corrected chi connectivity index (χ3v) is 5.70. The molecule has 0 bridgehead atoms. The van der Waals surface area contributed by atoms with Crippen molar-refractivity contribution in [2.45, 2.75) is 44.6 Å². The number of aliphatic carboxylic acids is 1. The molecule has 2 amide bonds. The first-order valence-electron chi connectivity index (χ1n) is 10.8. The molecule has 0 spiro atoms. The number of hydrogen-bond donors (Lipinski definition) is 3. The lowest BCUT2D eigenvalue weighted by Crippen LogP contribution is -2.50. The predicted octanol–water partition coefficient (Wildman–Crippen LogP) is -0.424. The molecule has 2 aliphatic rings. The lowest BCUT2D eigenvalue weighted by molar-refractivity contribution is -0.137. The second kappa shape index (κ2) is 12.8. The van der Waals surface area contributed by atoms with Gasteiger partial charge < -0.3 is 20.6 Å². The SMILES string of the molecule is CN1CC[15N]([13CH2][13CH]2[13CH2][13CH2][13CH2][15N]2CC(=O)NCC[13CH2][13C](=O)NCCCC(=O)O)[13CH2][13CH2]1. The maximum absolute atomic E-state index is 12.3. The molecule has 2 aliphatic heterocycles. The van der Waals surface area contributed by atoms with E-state index in [0.717, 1.165) is 52.1 Å². The van der Waals surface area contributed by atoms with Crippen LogP contribution in [0.15, 0.2) is 0 Å². The van der Waals surface area contributed by atoms with Crippen LogP contribution < -0.4 is 10.6 Å². The van der Waals surface area contributed by atoms with Gasteiger partial charge in [-0.05, 0) is 39.3 Å². The number of piperazine rings is 1. The quantitative estimate of drug-likeness (QED) is 0.223. The first-order valence-corrected chi connectivity index (χ1v) is 10.8. The topological polar surface area (TPSA) is 105 Å². The normalized spacial score (nSPS) is 21.2. The summed E-state index contributed by atoms with van der Waals surface area (Å²) < 4.78 is 0. The number of likely N-dealkylation sites (N-methyl/N-ethyl adjacent to an activating group) is 1. The number of amides is 2. The molecule has 0 aromatic rings. The van der Waals surface area contributed by atoms with E-state index < -0.39 is 5.97 Å². The number of carboxylic acid groups (broad SMARTS) is 1. The van der Waals surface area contributed by atoms with Gasteiger partial charge >= 0.3 is 5.97 Å². The Bertz CT molecular complexity index is 537. The van der Waals surface area contributed by atoms with Crippen LogP contribution in [0, 0.1) is 0 Å². The Labute approximate surface area is 173 Å². The Morgan fingerprint density at radius 1 is 0.931 bits per heavy atom. The number of carbonyl (C=O) groups excluding carboxylic acids is 2. The van der Waals surface area contributed by atoms with Crippen LogP contribution in [0.4, 0.5) is 0 Å². The van der Waals surface area contributed by atoms with Gasteiger partial charge in [0.15, 0.2) is 0 Å². The number of nitrogens with zero attached hydrogens (tertiary/aromatic N) is 3. The fourth-order valence-electron chi connectivity index (χ4n) is 3.91. The van der Waals surface area contributed by atoms with Gasteiger partial charge in [-0.25, -0.2) is 0 Å². The van der Waals surface area contributed by atoms with E-state index >= 15 is 0 Å². The highest BCUT2D eigenvalue weighted by atomic mass is 16.4. The zero-order chi connectivity index (χ0) is 21.1. The monoisotopic (exact) mass is 422 g/mol. The van der Waals surface area contributed by atoms with E-state index in [1.165, 1.54) is 0 Å². The van der Waals surface area contributed by atoms with E-state index in [1.54, 1.807) is 0 Å². The molecule has 1 atom stereocenters. The molecule has 0 aliphatic carbocycles. The van der Waals surface area contributed by atoms with Crippen LogP contribution in [-0.2, 0) is 14.4 Å². The summed E-state index contributed by atoms with van der Waals surface area (Å²) in [6.07, 6.45) is 3.71. The summed E-state index contributed by atoms with van der Waals surface area (Å²) in [4.78, 5) is 41.5. The average Bonchev–Trinajstić information content (AvgIpc) is 3.10. The minimum absolute atomic E-state index is 0.0251. The molecule has 1 unspecified atom stereocenters. The van der Waals surface area contributed by atoms with Gasteiger partial charge in [-0.3, -0.25) is 24.2 Å². The standard InChI is InChI=1S/C20H37N5O4/c1-23-11-13-24(14-12-23)15-17-5-4-10-25(17)16-19(27)22-8-2-6-18(26)21-9-3-7-20(28)29/h17H,2-16H2,1H3,(H,21,26)(H,22,27)(H,28,29)/i4+1,5+1,6+1,10+1,11+1,13+1,15+1,17+1,18+1,24+1,25+1. The summed E-state index contributed by atoms with van der Waals surface area (Å²) in [5.74, 6) is -0.931. The molecular weight excluding hydrogens is 385 g/mol. The van der Waals surface area contributed by atoms with E-state index in [2.05, 4.69) is 32.4 Å².